The third-order valence-corrected chi connectivity index (χ3v) is 15.6. The Morgan fingerprint density at radius 1 is 1.04 bits per heavy atom. The quantitative estimate of drug-likeness (QED) is 0.125. The van der Waals surface area contributed by atoms with Crippen LogP contribution in [0.4, 0.5) is 0 Å². The van der Waals surface area contributed by atoms with Gasteiger partial charge in [-0.05, 0) is 105 Å². The first kappa shape index (κ1) is 40.3. The van der Waals surface area contributed by atoms with Crippen LogP contribution in [-0.2, 0) is 28.2 Å². The van der Waals surface area contributed by atoms with Gasteiger partial charge in [-0.25, -0.2) is 9.36 Å². The summed E-state index contributed by atoms with van der Waals surface area (Å²) in [6.45, 7) is 5.87. The van der Waals surface area contributed by atoms with Crippen LogP contribution < -0.4 is 46.1 Å². The van der Waals surface area contributed by atoms with Gasteiger partial charge in [0.05, 0.1) is 12.6 Å². The van der Waals surface area contributed by atoms with Crippen LogP contribution in [0.2, 0.25) is 0 Å². The van der Waals surface area contributed by atoms with Gasteiger partial charge in [-0.15, -0.1) is 0 Å². The molecule has 6 aliphatic rings. The minimum Gasteiger partial charge on any atom is -0.463 e. The molecule has 7 rings (SSSR count). The van der Waals surface area contributed by atoms with E-state index in [4.69, 9.17) is 14.0 Å². The van der Waals surface area contributed by atoms with Crippen LogP contribution in [0.15, 0.2) is 21.9 Å². The summed E-state index contributed by atoms with van der Waals surface area (Å²) in [6, 6.07) is 0.158. The number of rotatable bonds is 8. The van der Waals surface area contributed by atoms with Crippen molar-refractivity contribution in [1.82, 2.24) is 19.5 Å². The summed E-state index contributed by atoms with van der Waals surface area (Å²) >= 11 is 0. The Morgan fingerprint density at radius 3 is 2.50 bits per heavy atom. The molecule has 3 heterocycles. The van der Waals surface area contributed by atoms with E-state index in [1.807, 2.05) is 0 Å². The van der Waals surface area contributed by atoms with E-state index in [1.54, 1.807) is 0 Å². The number of fused-ring (bicyclic) bond motifs is 5. The molecule has 2 saturated heterocycles. The molecule has 5 N–H and O–H groups in total. The number of amides is 1. The van der Waals surface area contributed by atoms with E-state index in [-0.39, 0.29) is 71.0 Å². The number of esters is 1. The maximum atomic E-state index is 13.9. The molecule has 14 atom stereocenters. The molecule has 2 aliphatic heterocycles. The van der Waals surface area contributed by atoms with Crippen LogP contribution in [0, 0.1) is 34.5 Å². The molecule has 1 aromatic rings. The van der Waals surface area contributed by atoms with Gasteiger partial charge in [-0.2, -0.15) is 4.67 Å². The van der Waals surface area contributed by atoms with Crippen molar-refractivity contribution in [2.75, 3.05) is 13.2 Å². The molecule has 0 bridgehead atoms. The minimum atomic E-state index is -4.54. The normalized spacial score (nSPS) is 42.6. The average molecular weight is 760 g/mol. The molecule has 0 spiro atoms. The summed E-state index contributed by atoms with van der Waals surface area (Å²) in [5.41, 5.74) is -1.33. The maximum Gasteiger partial charge on any atom is 1.00 e. The van der Waals surface area contributed by atoms with Crippen molar-refractivity contribution in [1.29, 1.82) is 0 Å². The van der Waals surface area contributed by atoms with E-state index < -0.39 is 56.2 Å². The van der Waals surface area contributed by atoms with Crippen LogP contribution in [0.5, 0.6) is 0 Å². The van der Waals surface area contributed by atoms with E-state index in [0.29, 0.717) is 36.5 Å². The van der Waals surface area contributed by atoms with Crippen molar-refractivity contribution in [3.8, 4) is 0 Å². The van der Waals surface area contributed by atoms with E-state index >= 15 is 0 Å². The van der Waals surface area contributed by atoms with Crippen LogP contribution >= 0.6 is 7.75 Å². The minimum absolute atomic E-state index is 0. The second kappa shape index (κ2) is 15.3. The van der Waals surface area contributed by atoms with Gasteiger partial charge in [-0.3, -0.25) is 28.5 Å². The molecule has 1 amide bonds. The van der Waals surface area contributed by atoms with Gasteiger partial charge in [0.2, 0.25) is 5.91 Å². The van der Waals surface area contributed by atoms with Crippen molar-refractivity contribution in [2.24, 2.45) is 34.5 Å². The van der Waals surface area contributed by atoms with Gasteiger partial charge in [0.15, 0.2) is 6.23 Å². The Morgan fingerprint density at radius 2 is 1.77 bits per heavy atom. The fourth-order valence-electron chi connectivity index (χ4n) is 11.4. The number of carbonyl (C=O) groups excluding carboxylic acids is 2. The largest absolute Gasteiger partial charge is 1.00 e. The Bertz CT molecular complexity index is 1680. The summed E-state index contributed by atoms with van der Waals surface area (Å²) in [6.07, 6.45) is 5.58. The van der Waals surface area contributed by atoms with Crippen molar-refractivity contribution < 1.29 is 72.8 Å². The number of H-pyrrole nitrogens is 1. The predicted octanol–water partition coefficient (Wildman–Crippen LogP) is -0.800. The fourth-order valence-corrected chi connectivity index (χ4v) is 12.8. The molecule has 0 radical (unpaired) electrons. The van der Waals surface area contributed by atoms with Gasteiger partial charge in [-0.1, -0.05) is 13.8 Å². The average Bonchev–Trinajstić information content (AvgIpc) is 3.77. The molecule has 17 heteroatoms. The number of nitrogens with zero attached hydrogens (tertiary/aromatic N) is 2. The summed E-state index contributed by atoms with van der Waals surface area (Å²) in [7, 11) is -4.54. The van der Waals surface area contributed by atoms with Crippen molar-refractivity contribution in [3.05, 3.63) is 33.1 Å². The standard InChI is InChI=1S/C35H53N4O11P.Na/c1-19(40)49-21-10-13-34(2)20(17-21)6-7-22-23-8-9-27(35(23,3)14-11-24(22)34)36-31(44)25-5-4-15-39(25)51(46,47)48-18-26-29(42)30(43)32(50-26)38-16-12-28(41)37-33(38)45;/h12,16,20-27,29-30,32,42-43H,4-11,13-15,17-18H2,1-3H3,(H,36,44)(H,46,47)(H,37,41,45);/q;+1. The first-order valence-electron chi connectivity index (χ1n) is 18.7. The molecule has 1 aromatic heterocycles. The molecule has 4 saturated carbocycles. The second-order valence-corrected chi connectivity index (χ2v) is 18.3. The molecule has 0 aromatic carbocycles. The van der Waals surface area contributed by atoms with E-state index in [1.165, 1.54) is 11.6 Å². The van der Waals surface area contributed by atoms with Gasteiger partial charge in [0, 0.05) is 31.8 Å². The van der Waals surface area contributed by atoms with Gasteiger partial charge in [0.1, 0.15) is 24.4 Å². The summed E-state index contributed by atoms with van der Waals surface area (Å²) in [5.74, 6) is 1.75. The predicted molar refractivity (Wildman–Crippen MR) is 182 cm³/mol. The number of hydrogen-bond acceptors (Lipinski definition) is 10. The molecule has 52 heavy (non-hydrogen) atoms. The van der Waals surface area contributed by atoms with E-state index in [9.17, 15) is 38.8 Å². The number of aliphatic hydroxyl groups is 2. The first-order valence-corrected chi connectivity index (χ1v) is 20.2. The third kappa shape index (κ3) is 7.21. The summed E-state index contributed by atoms with van der Waals surface area (Å²) in [5, 5.41) is 24.5. The van der Waals surface area contributed by atoms with Crippen molar-refractivity contribution >= 4 is 19.6 Å². The van der Waals surface area contributed by atoms with E-state index in [2.05, 4.69) is 24.1 Å². The zero-order valence-electron chi connectivity index (χ0n) is 30.6. The molecular formula is C35H53N4NaO11P+. The number of ether oxygens (including phenoxy) is 2. The van der Waals surface area contributed by atoms with Crippen LogP contribution in [-0.4, -0.2) is 90.9 Å². The molecule has 4 aliphatic carbocycles. The number of aliphatic hydroxyl groups excluding tert-OH is 2. The molecular weight excluding hydrogens is 706 g/mol. The Balaban J connectivity index is 0.00000464. The third-order valence-electron chi connectivity index (χ3n) is 14.0. The Labute approximate surface area is 325 Å². The Hall–Kier alpha value is -1.39. The molecule has 6 fully saturated rings. The van der Waals surface area contributed by atoms with Crippen LogP contribution in [0.25, 0.3) is 0 Å². The maximum absolute atomic E-state index is 13.9. The second-order valence-electron chi connectivity index (χ2n) is 16.5. The van der Waals surface area contributed by atoms with Gasteiger partial charge in [0.25, 0.3) is 5.56 Å². The van der Waals surface area contributed by atoms with Gasteiger partial charge < -0.3 is 29.9 Å². The Kier molecular flexibility index (Phi) is 11.8. The van der Waals surface area contributed by atoms with Crippen molar-refractivity contribution in [2.45, 2.75) is 134 Å². The molecule has 284 valence electrons. The van der Waals surface area contributed by atoms with E-state index in [0.717, 1.165) is 74.6 Å². The van der Waals surface area contributed by atoms with Crippen LogP contribution in [0.3, 0.4) is 0 Å². The first-order chi connectivity index (χ1) is 24.1. The number of aromatic amines is 1. The zero-order chi connectivity index (χ0) is 36.5. The number of hydrogen-bond donors (Lipinski definition) is 5. The monoisotopic (exact) mass is 759 g/mol. The number of aromatic nitrogens is 2. The SMILES string of the molecule is CC(=O)OC1CCC2(C)C(CCC3C2CCC2(C)C(NC(=O)C4CCCN4P(=O)(O)OCC4OC(n5ccc(=O)[nH]c5=O)C(O)C4O)CCC32)C1.[Na+]. The number of nitrogens with one attached hydrogen (secondary N) is 2. The van der Waals surface area contributed by atoms with Crippen LogP contribution in [0.1, 0.15) is 97.6 Å². The smallest absolute Gasteiger partial charge is 0.463 e. The fraction of sp³-hybridized carbons (Fsp3) is 0.829. The molecule has 14 unspecified atom stereocenters. The zero-order valence-corrected chi connectivity index (χ0v) is 33.5. The molecule has 15 nitrogen and oxygen atoms in total. The summed E-state index contributed by atoms with van der Waals surface area (Å²) in [4.78, 5) is 62.3. The van der Waals surface area contributed by atoms with Gasteiger partial charge >= 0.3 is 49.0 Å². The number of carbonyl (C=O) groups is 2. The summed E-state index contributed by atoms with van der Waals surface area (Å²) < 4.78 is 32.4. The van der Waals surface area contributed by atoms with Crippen molar-refractivity contribution in [3.63, 3.8) is 0 Å². The topological polar surface area (TPSA) is 210 Å².